The van der Waals surface area contributed by atoms with Crippen LogP contribution in [0.1, 0.15) is 6.42 Å². The van der Waals surface area contributed by atoms with Gasteiger partial charge in [0.15, 0.2) is 0 Å². The minimum absolute atomic E-state index is 0.431. The van der Waals surface area contributed by atoms with Crippen molar-refractivity contribution in [1.82, 2.24) is 0 Å². The van der Waals surface area contributed by atoms with E-state index in [1.54, 1.807) is 0 Å². The number of aliphatic hydroxyl groups is 1. The fourth-order valence-electron chi connectivity index (χ4n) is 0.816. The standard InChI is InChI=1S/C5H10INO/c6-2-4-1-5(4,8)3-7/h4,8H,1-3,7H2/t4-,5-/m1/s1. The summed E-state index contributed by atoms with van der Waals surface area (Å²) in [5.74, 6) is 0.480. The molecule has 1 saturated carbocycles. The molecule has 0 unspecified atom stereocenters. The van der Waals surface area contributed by atoms with E-state index < -0.39 is 5.60 Å². The zero-order valence-corrected chi connectivity index (χ0v) is 6.76. The lowest BCUT2D eigenvalue weighted by atomic mass is 10.3. The van der Waals surface area contributed by atoms with Crippen LogP contribution < -0.4 is 5.73 Å². The fraction of sp³-hybridized carbons (Fsp3) is 1.00. The number of alkyl halides is 1. The van der Waals surface area contributed by atoms with Crippen molar-refractivity contribution < 1.29 is 5.11 Å². The molecule has 0 radical (unpaired) electrons. The van der Waals surface area contributed by atoms with E-state index in [-0.39, 0.29) is 0 Å². The van der Waals surface area contributed by atoms with Crippen LogP contribution in [0.5, 0.6) is 0 Å². The van der Waals surface area contributed by atoms with Crippen LogP contribution in [-0.4, -0.2) is 21.7 Å². The number of hydrogen-bond donors (Lipinski definition) is 2. The second-order valence-electron chi connectivity index (χ2n) is 2.36. The number of nitrogens with two attached hydrogens (primary N) is 1. The summed E-state index contributed by atoms with van der Waals surface area (Å²) in [6.07, 6.45) is 0.909. The summed E-state index contributed by atoms with van der Waals surface area (Å²) in [5.41, 5.74) is 4.81. The predicted molar refractivity (Wildman–Crippen MR) is 41.0 cm³/mol. The highest BCUT2D eigenvalue weighted by molar-refractivity contribution is 14.1. The Morgan fingerprint density at radius 1 is 1.88 bits per heavy atom. The first-order valence-electron chi connectivity index (χ1n) is 2.71. The van der Waals surface area contributed by atoms with Gasteiger partial charge < -0.3 is 10.8 Å². The summed E-state index contributed by atoms with van der Waals surface area (Å²) in [6, 6.07) is 0. The Hall–Kier alpha value is 0.650. The van der Waals surface area contributed by atoms with Gasteiger partial charge in [-0.05, 0) is 6.42 Å². The molecule has 1 aliphatic carbocycles. The number of hydrogen-bond acceptors (Lipinski definition) is 2. The van der Waals surface area contributed by atoms with Crippen molar-refractivity contribution >= 4 is 22.6 Å². The van der Waals surface area contributed by atoms with E-state index in [9.17, 15) is 5.11 Å². The lowest BCUT2D eigenvalue weighted by Gasteiger charge is -2.02. The fourth-order valence-corrected chi connectivity index (χ4v) is 1.95. The highest BCUT2D eigenvalue weighted by Crippen LogP contribution is 2.43. The second kappa shape index (κ2) is 2.11. The Morgan fingerprint density at radius 2 is 2.50 bits per heavy atom. The van der Waals surface area contributed by atoms with Crippen LogP contribution in [0, 0.1) is 5.92 Å². The largest absolute Gasteiger partial charge is 0.388 e. The maximum Gasteiger partial charge on any atom is 0.0809 e. The Morgan fingerprint density at radius 3 is 2.62 bits per heavy atom. The van der Waals surface area contributed by atoms with Crippen LogP contribution >= 0.6 is 22.6 Å². The van der Waals surface area contributed by atoms with Gasteiger partial charge in [0.25, 0.3) is 0 Å². The lowest BCUT2D eigenvalue weighted by molar-refractivity contribution is 0.144. The monoisotopic (exact) mass is 227 g/mol. The normalized spacial score (nSPS) is 44.6. The molecule has 2 nitrogen and oxygen atoms in total. The summed E-state index contributed by atoms with van der Waals surface area (Å²) in [7, 11) is 0. The third-order valence-electron chi connectivity index (χ3n) is 1.74. The Kier molecular flexibility index (Phi) is 1.79. The van der Waals surface area contributed by atoms with Crippen LogP contribution in [0.4, 0.5) is 0 Å². The van der Waals surface area contributed by atoms with Gasteiger partial charge in [0, 0.05) is 16.9 Å². The Balaban J connectivity index is 2.31. The molecule has 1 aliphatic rings. The molecule has 3 heteroatoms. The van der Waals surface area contributed by atoms with E-state index in [1.807, 2.05) is 0 Å². The van der Waals surface area contributed by atoms with Crippen LogP contribution in [0.15, 0.2) is 0 Å². The third-order valence-corrected chi connectivity index (χ3v) is 2.80. The molecule has 0 bridgehead atoms. The minimum atomic E-state index is -0.471. The van der Waals surface area contributed by atoms with Crippen molar-refractivity contribution in [2.75, 3.05) is 11.0 Å². The average molecular weight is 227 g/mol. The Bertz CT molecular complexity index is 98.4. The second-order valence-corrected chi connectivity index (χ2v) is 3.24. The van der Waals surface area contributed by atoms with Crippen molar-refractivity contribution in [3.8, 4) is 0 Å². The topological polar surface area (TPSA) is 46.2 Å². The summed E-state index contributed by atoms with van der Waals surface area (Å²) >= 11 is 2.27. The first-order chi connectivity index (χ1) is 3.73. The van der Waals surface area contributed by atoms with E-state index >= 15 is 0 Å². The zero-order chi connectivity index (χ0) is 6.20. The van der Waals surface area contributed by atoms with Crippen LogP contribution in [0.3, 0.4) is 0 Å². The summed E-state index contributed by atoms with van der Waals surface area (Å²) in [6.45, 7) is 0.431. The zero-order valence-electron chi connectivity index (χ0n) is 4.60. The van der Waals surface area contributed by atoms with E-state index in [2.05, 4.69) is 22.6 Å². The SMILES string of the molecule is NC[C@]1(O)C[C@@H]1CI. The Labute approximate surface area is 62.6 Å². The third kappa shape index (κ3) is 0.989. The van der Waals surface area contributed by atoms with Crippen LogP contribution in [-0.2, 0) is 0 Å². The predicted octanol–water partition coefficient (Wildman–Crippen LogP) is 0.131. The summed E-state index contributed by atoms with van der Waals surface area (Å²) in [5, 5.41) is 9.27. The number of rotatable bonds is 2. The van der Waals surface area contributed by atoms with Crippen LogP contribution in [0.2, 0.25) is 0 Å². The van der Waals surface area contributed by atoms with Crippen molar-refractivity contribution in [2.45, 2.75) is 12.0 Å². The van der Waals surface area contributed by atoms with E-state index in [1.165, 1.54) is 0 Å². The van der Waals surface area contributed by atoms with Gasteiger partial charge in [-0.15, -0.1) is 0 Å². The molecule has 1 fully saturated rings. The van der Waals surface area contributed by atoms with Gasteiger partial charge in [-0.1, -0.05) is 22.6 Å². The molecule has 0 amide bonds. The maximum atomic E-state index is 9.27. The molecular weight excluding hydrogens is 217 g/mol. The smallest absolute Gasteiger partial charge is 0.0809 e. The molecule has 0 saturated heterocycles. The molecule has 0 heterocycles. The molecule has 0 aliphatic heterocycles. The maximum absolute atomic E-state index is 9.27. The quantitative estimate of drug-likeness (QED) is 0.520. The molecule has 3 N–H and O–H groups in total. The van der Waals surface area contributed by atoms with E-state index in [0.717, 1.165) is 10.8 Å². The van der Waals surface area contributed by atoms with Gasteiger partial charge in [-0.25, -0.2) is 0 Å². The molecule has 0 aromatic carbocycles. The van der Waals surface area contributed by atoms with Gasteiger partial charge in [0.05, 0.1) is 5.60 Å². The summed E-state index contributed by atoms with van der Waals surface area (Å²) in [4.78, 5) is 0. The van der Waals surface area contributed by atoms with Gasteiger partial charge >= 0.3 is 0 Å². The highest BCUT2D eigenvalue weighted by atomic mass is 127. The van der Waals surface area contributed by atoms with E-state index in [0.29, 0.717) is 12.5 Å². The van der Waals surface area contributed by atoms with Crippen molar-refractivity contribution in [1.29, 1.82) is 0 Å². The first kappa shape index (κ1) is 6.77. The molecule has 0 aromatic rings. The lowest BCUT2D eigenvalue weighted by Crippen LogP contribution is -2.24. The molecule has 2 atom stereocenters. The molecular formula is C5H10INO. The molecule has 1 rings (SSSR count). The van der Waals surface area contributed by atoms with Gasteiger partial charge in [0.2, 0.25) is 0 Å². The highest BCUT2D eigenvalue weighted by Gasteiger charge is 2.50. The van der Waals surface area contributed by atoms with Crippen molar-refractivity contribution in [3.63, 3.8) is 0 Å². The molecule has 8 heavy (non-hydrogen) atoms. The average Bonchev–Trinajstić information content (AvgIpc) is 2.44. The van der Waals surface area contributed by atoms with Gasteiger partial charge in [-0.3, -0.25) is 0 Å². The van der Waals surface area contributed by atoms with E-state index in [4.69, 9.17) is 5.73 Å². The van der Waals surface area contributed by atoms with Crippen molar-refractivity contribution in [3.05, 3.63) is 0 Å². The molecule has 48 valence electrons. The van der Waals surface area contributed by atoms with Crippen molar-refractivity contribution in [2.24, 2.45) is 11.7 Å². The van der Waals surface area contributed by atoms with Gasteiger partial charge in [-0.2, -0.15) is 0 Å². The minimum Gasteiger partial charge on any atom is -0.388 e. The molecule has 0 spiro atoms. The van der Waals surface area contributed by atoms with Crippen LogP contribution in [0.25, 0.3) is 0 Å². The molecule has 0 aromatic heterocycles. The van der Waals surface area contributed by atoms with Gasteiger partial charge in [0.1, 0.15) is 0 Å². The first-order valence-corrected chi connectivity index (χ1v) is 4.24. The summed E-state index contributed by atoms with van der Waals surface area (Å²) < 4.78 is 1.03. The number of halogens is 1.